The fourth-order valence-corrected chi connectivity index (χ4v) is 4.88. The molecule has 9 nitrogen and oxygen atoms in total. The molecule has 0 saturated heterocycles. The number of carbonyl (C=O) groups is 1. The number of methoxy groups -OCH3 is 1. The Morgan fingerprint density at radius 3 is 2.48 bits per heavy atom. The molecule has 0 fully saturated rings. The maximum Gasteiger partial charge on any atom is 0.242 e. The molecule has 1 unspecified atom stereocenters. The number of thioether (sulfide) groups is 1. The van der Waals surface area contributed by atoms with Crippen molar-refractivity contribution in [3.63, 3.8) is 0 Å². The molecule has 1 aromatic heterocycles. The number of benzene rings is 2. The number of rotatable bonds is 9. The van der Waals surface area contributed by atoms with Crippen LogP contribution in [0.3, 0.4) is 0 Å². The third kappa shape index (κ3) is 5.55. The Balaban J connectivity index is 1.75. The first-order chi connectivity index (χ1) is 15.7. The van der Waals surface area contributed by atoms with Crippen molar-refractivity contribution in [1.29, 1.82) is 0 Å². The van der Waals surface area contributed by atoms with Gasteiger partial charge in [-0.15, -0.1) is 10.2 Å². The molecule has 1 amide bonds. The first-order valence-corrected chi connectivity index (χ1v) is 12.6. The second kappa shape index (κ2) is 10.4. The summed E-state index contributed by atoms with van der Waals surface area (Å²) in [6.45, 7) is 4.39. The molecule has 0 radical (unpaired) electrons. The first-order valence-electron chi connectivity index (χ1n) is 10.2. The minimum Gasteiger partial charge on any atom is -0.497 e. The van der Waals surface area contributed by atoms with Crippen molar-refractivity contribution in [2.75, 3.05) is 26.5 Å². The lowest BCUT2D eigenvalue weighted by atomic mass is 10.2. The van der Waals surface area contributed by atoms with E-state index >= 15 is 0 Å². The van der Waals surface area contributed by atoms with Crippen molar-refractivity contribution >= 4 is 33.4 Å². The monoisotopic (exact) mass is 489 g/mol. The number of ether oxygens (including phenoxy) is 1. The number of sulfonamides is 1. The first kappa shape index (κ1) is 24.7. The molecule has 1 N–H and O–H groups in total. The number of hydrogen-bond donors (Lipinski definition) is 1. The van der Waals surface area contributed by atoms with Gasteiger partial charge in [0.1, 0.15) is 5.75 Å². The van der Waals surface area contributed by atoms with Gasteiger partial charge in [0.05, 0.1) is 17.3 Å². The zero-order chi connectivity index (χ0) is 24.2. The molecule has 0 aliphatic carbocycles. The molecule has 176 valence electrons. The van der Waals surface area contributed by atoms with E-state index in [0.717, 1.165) is 15.6 Å². The summed E-state index contributed by atoms with van der Waals surface area (Å²) in [4.78, 5) is 12.9. The number of hydrogen-bond acceptors (Lipinski definition) is 7. The standard InChI is InChI=1S/C22H27N5O4S2/c1-6-27-20(16-10-12-18(31-5)13-11-16)24-25-22(27)32-15(2)21(28)23-17-8-7-9-19(14-17)33(29,30)26(3)4/h7-15H,6H2,1-5H3,(H,23,28). The summed E-state index contributed by atoms with van der Waals surface area (Å²) in [5, 5.41) is 11.5. The Labute approximate surface area is 198 Å². The molecule has 33 heavy (non-hydrogen) atoms. The fraction of sp³-hybridized carbons (Fsp3) is 0.318. The van der Waals surface area contributed by atoms with Crippen LogP contribution in [0.5, 0.6) is 5.75 Å². The molecule has 11 heteroatoms. The van der Waals surface area contributed by atoms with Gasteiger partial charge in [0.2, 0.25) is 15.9 Å². The van der Waals surface area contributed by atoms with Crippen LogP contribution < -0.4 is 10.1 Å². The Morgan fingerprint density at radius 1 is 1.18 bits per heavy atom. The van der Waals surface area contributed by atoms with E-state index in [9.17, 15) is 13.2 Å². The van der Waals surface area contributed by atoms with E-state index < -0.39 is 15.3 Å². The molecule has 0 saturated carbocycles. The van der Waals surface area contributed by atoms with E-state index in [-0.39, 0.29) is 10.8 Å². The van der Waals surface area contributed by atoms with Crippen LogP contribution in [0.1, 0.15) is 13.8 Å². The molecule has 2 aromatic carbocycles. The maximum atomic E-state index is 12.8. The summed E-state index contributed by atoms with van der Waals surface area (Å²) in [5.74, 6) is 1.19. The lowest BCUT2D eigenvalue weighted by molar-refractivity contribution is -0.115. The van der Waals surface area contributed by atoms with E-state index in [0.29, 0.717) is 23.2 Å². The zero-order valence-electron chi connectivity index (χ0n) is 19.1. The molecule has 0 aliphatic rings. The van der Waals surface area contributed by atoms with Gasteiger partial charge in [-0.3, -0.25) is 4.79 Å². The van der Waals surface area contributed by atoms with Crippen LogP contribution in [0.4, 0.5) is 5.69 Å². The predicted octanol–water partition coefficient (Wildman–Crippen LogP) is 3.34. The van der Waals surface area contributed by atoms with Crippen molar-refractivity contribution in [2.45, 2.75) is 35.7 Å². The van der Waals surface area contributed by atoms with Gasteiger partial charge < -0.3 is 14.6 Å². The van der Waals surface area contributed by atoms with Crippen LogP contribution in [0.25, 0.3) is 11.4 Å². The highest BCUT2D eigenvalue weighted by Crippen LogP contribution is 2.28. The third-order valence-electron chi connectivity index (χ3n) is 4.91. The van der Waals surface area contributed by atoms with Crippen LogP contribution in [-0.4, -0.2) is 59.8 Å². The lowest BCUT2D eigenvalue weighted by Crippen LogP contribution is -2.24. The van der Waals surface area contributed by atoms with Crippen molar-refractivity contribution in [2.24, 2.45) is 0 Å². The molecule has 1 atom stereocenters. The minimum atomic E-state index is -3.59. The van der Waals surface area contributed by atoms with Crippen molar-refractivity contribution < 1.29 is 17.9 Å². The highest BCUT2D eigenvalue weighted by atomic mass is 32.2. The number of anilines is 1. The van der Waals surface area contributed by atoms with Gasteiger partial charge in [-0.05, 0) is 56.3 Å². The summed E-state index contributed by atoms with van der Waals surface area (Å²) in [6, 6.07) is 13.7. The SMILES string of the molecule is CCn1c(SC(C)C(=O)Nc2cccc(S(=O)(=O)N(C)C)c2)nnc1-c1ccc(OC)cc1. The van der Waals surface area contributed by atoms with E-state index in [2.05, 4.69) is 15.5 Å². The van der Waals surface area contributed by atoms with Crippen LogP contribution >= 0.6 is 11.8 Å². The number of amides is 1. The summed E-state index contributed by atoms with van der Waals surface area (Å²) in [7, 11) is 0.943. The molecular weight excluding hydrogens is 462 g/mol. The average Bonchev–Trinajstić information content (AvgIpc) is 3.21. The Kier molecular flexibility index (Phi) is 7.77. The van der Waals surface area contributed by atoms with Gasteiger partial charge in [-0.2, -0.15) is 0 Å². The Hall–Kier alpha value is -2.89. The van der Waals surface area contributed by atoms with E-state index in [1.54, 1.807) is 26.2 Å². The minimum absolute atomic E-state index is 0.112. The highest BCUT2D eigenvalue weighted by molar-refractivity contribution is 8.00. The smallest absolute Gasteiger partial charge is 0.242 e. The number of nitrogens with one attached hydrogen (secondary N) is 1. The van der Waals surface area contributed by atoms with E-state index in [4.69, 9.17) is 4.74 Å². The number of nitrogens with zero attached hydrogens (tertiary/aromatic N) is 4. The van der Waals surface area contributed by atoms with Crippen LogP contribution in [0.2, 0.25) is 0 Å². The van der Waals surface area contributed by atoms with Crippen molar-refractivity contribution in [3.05, 3.63) is 48.5 Å². The topological polar surface area (TPSA) is 106 Å². The molecule has 3 aromatic rings. The highest BCUT2D eigenvalue weighted by Gasteiger charge is 2.22. The van der Waals surface area contributed by atoms with E-state index in [1.165, 1.54) is 38.0 Å². The lowest BCUT2D eigenvalue weighted by Gasteiger charge is -2.15. The van der Waals surface area contributed by atoms with Gasteiger partial charge >= 0.3 is 0 Å². The molecular formula is C22H27N5O4S2. The normalized spacial score (nSPS) is 12.5. The predicted molar refractivity (Wildman–Crippen MR) is 129 cm³/mol. The quantitative estimate of drug-likeness (QED) is 0.460. The molecule has 1 heterocycles. The fourth-order valence-electron chi connectivity index (χ4n) is 3.02. The molecule has 0 bridgehead atoms. The number of carbonyl (C=O) groups excluding carboxylic acids is 1. The number of aromatic nitrogens is 3. The zero-order valence-corrected chi connectivity index (χ0v) is 20.8. The Bertz CT molecular complexity index is 1220. The third-order valence-corrected chi connectivity index (χ3v) is 7.80. The van der Waals surface area contributed by atoms with Gasteiger partial charge in [-0.1, -0.05) is 17.8 Å². The van der Waals surface area contributed by atoms with E-state index in [1.807, 2.05) is 35.8 Å². The van der Waals surface area contributed by atoms with Gasteiger partial charge in [0.25, 0.3) is 0 Å². The van der Waals surface area contributed by atoms with Crippen LogP contribution in [0, 0.1) is 0 Å². The largest absolute Gasteiger partial charge is 0.497 e. The van der Waals surface area contributed by atoms with Crippen molar-refractivity contribution in [3.8, 4) is 17.1 Å². The second-order valence-electron chi connectivity index (χ2n) is 7.34. The van der Waals surface area contributed by atoms with Gasteiger partial charge in [0.15, 0.2) is 11.0 Å². The molecule has 0 spiro atoms. The summed E-state index contributed by atoms with van der Waals surface area (Å²) >= 11 is 1.29. The summed E-state index contributed by atoms with van der Waals surface area (Å²) < 4.78 is 33.0. The summed E-state index contributed by atoms with van der Waals surface area (Å²) in [6.07, 6.45) is 0. The van der Waals surface area contributed by atoms with Gasteiger partial charge in [-0.25, -0.2) is 12.7 Å². The molecule has 0 aliphatic heterocycles. The average molecular weight is 490 g/mol. The molecule has 3 rings (SSSR count). The second-order valence-corrected chi connectivity index (χ2v) is 10.8. The summed E-state index contributed by atoms with van der Waals surface area (Å²) in [5.41, 5.74) is 1.30. The Morgan fingerprint density at radius 2 is 1.88 bits per heavy atom. The van der Waals surface area contributed by atoms with Crippen molar-refractivity contribution in [1.82, 2.24) is 19.1 Å². The van der Waals surface area contributed by atoms with Crippen LogP contribution in [0.15, 0.2) is 58.6 Å². The van der Waals surface area contributed by atoms with Crippen LogP contribution in [-0.2, 0) is 21.4 Å². The van der Waals surface area contributed by atoms with Gasteiger partial charge in [0, 0.05) is 31.9 Å². The maximum absolute atomic E-state index is 12.8.